The number of nitrogens with zero attached hydrogens (tertiary/aromatic N) is 12. The molecule has 0 saturated carbocycles. The van der Waals surface area contributed by atoms with Crippen LogP contribution in [0.15, 0.2) is 158 Å². The fourth-order valence-electron chi connectivity index (χ4n) is 7.62. The Hall–Kier alpha value is -9.54. The number of anilines is 2. The molecule has 10 aromatic rings. The minimum atomic E-state index is -1.76. The third-order valence-electron chi connectivity index (χ3n) is 11.4. The van der Waals surface area contributed by atoms with Crippen molar-refractivity contribution in [2.75, 3.05) is 10.6 Å². The van der Waals surface area contributed by atoms with E-state index in [0.717, 1.165) is 39.5 Å². The molecule has 0 aliphatic heterocycles. The zero-order valence-corrected chi connectivity index (χ0v) is 42.3. The van der Waals surface area contributed by atoms with Crippen molar-refractivity contribution in [1.82, 2.24) is 57.3 Å². The molecule has 28 heteroatoms. The van der Waals surface area contributed by atoms with Gasteiger partial charge in [0, 0.05) is 32.1 Å². The molecule has 0 unspecified atom stereocenters. The Morgan fingerprint density at radius 3 is 1.53 bits per heavy atom. The van der Waals surface area contributed by atoms with Crippen LogP contribution in [0.4, 0.5) is 29.2 Å². The summed E-state index contributed by atoms with van der Waals surface area (Å²) in [5, 5.41) is 22.3. The van der Waals surface area contributed by atoms with Crippen molar-refractivity contribution >= 4 is 74.3 Å². The second-order valence-electron chi connectivity index (χ2n) is 16.7. The van der Waals surface area contributed by atoms with Crippen LogP contribution in [0.25, 0.3) is 33.6 Å². The lowest BCUT2D eigenvalue weighted by molar-refractivity contribution is -0.117. The van der Waals surface area contributed by atoms with E-state index in [1.165, 1.54) is 57.2 Å². The third kappa shape index (κ3) is 12.6. The number of aryl methyl sites for hydroxylation is 2. The van der Waals surface area contributed by atoms with Gasteiger partial charge in [0.25, 0.3) is 11.1 Å². The van der Waals surface area contributed by atoms with E-state index in [1.54, 1.807) is 79.1 Å². The van der Waals surface area contributed by atoms with E-state index < -0.39 is 58.8 Å². The summed E-state index contributed by atoms with van der Waals surface area (Å²) in [5.74, 6) is -4.43. The van der Waals surface area contributed by atoms with Gasteiger partial charge in [0.15, 0.2) is 45.6 Å². The van der Waals surface area contributed by atoms with Gasteiger partial charge in [0.2, 0.25) is 11.8 Å². The van der Waals surface area contributed by atoms with Gasteiger partial charge in [-0.25, -0.2) is 47.1 Å². The van der Waals surface area contributed by atoms with Crippen molar-refractivity contribution in [2.45, 2.75) is 26.2 Å². The monoisotopic (exact) mass is 1130 g/mol. The number of pyridine rings is 4. The molecule has 2 amide bonds. The largest absolute Gasteiger partial charge is 0.488 e. The van der Waals surface area contributed by atoms with E-state index in [-0.39, 0.29) is 65.7 Å². The molecule has 2 aromatic carbocycles. The number of benzene rings is 2. The number of carbonyl (C=O) groups excluding carboxylic acids is 2. The number of hydrogen-bond donors (Lipinski definition) is 4. The van der Waals surface area contributed by atoms with Crippen molar-refractivity contribution in [3.8, 4) is 11.3 Å². The average Bonchev–Trinajstić information content (AvgIpc) is 4.11. The van der Waals surface area contributed by atoms with Gasteiger partial charge in [0.05, 0.1) is 42.8 Å². The van der Waals surface area contributed by atoms with E-state index in [1.807, 2.05) is 0 Å². The summed E-state index contributed by atoms with van der Waals surface area (Å²) in [7, 11) is 1.26. The normalized spacial score (nSPS) is 10.9. The second kappa shape index (κ2) is 24.0. The van der Waals surface area contributed by atoms with Crippen LogP contribution in [-0.2, 0) is 49.9 Å². The number of hydrogen-bond acceptors (Lipinski definition) is 14. The molecule has 8 aromatic heterocycles. The fourth-order valence-corrected chi connectivity index (χ4v) is 7.96. The molecule has 10 rings (SSSR count). The number of carbonyl (C=O) groups is 2. The zero-order chi connectivity index (χ0) is 55.8. The highest BCUT2D eigenvalue weighted by atomic mass is 79.9. The van der Waals surface area contributed by atoms with Crippen molar-refractivity contribution in [2.24, 2.45) is 14.1 Å². The van der Waals surface area contributed by atoms with Crippen LogP contribution in [0.3, 0.4) is 0 Å². The lowest BCUT2D eigenvalue weighted by Crippen LogP contribution is -2.40. The summed E-state index contributed by atoms with van der Waals surface area (Å²) >= 11 is 3.25. The number of rotatable bonds is 12. The minimum Gasteiger partial charge on any atom is -0.423 e. The van der Waals surface area contributed by atoms with Gasteiger partial charge in [-0.1, -0.05) is 30.3 Å². The maximum atomic E-state index is 13.6. The lowest BCUT2D eigenvalue weighted by atomic mass is 9.80. The van der Waals surface area contributed by atoms with Crippen molar-refractivity contribution in [1.29, 1.82) is 0 Å². The lowest BCUT2D eigenvalue weighted by Gasteiger charge is -2.10. The van der Waals surface area contributed by atoms with Gasteiger partial charge in [-0.05, 0) is 100 Å². The summed E-state index contributed by atoms with van der Waals surface area (Å²) < 4.78 is 59.4. The quantitative estimate of drug-likeness (QED) is 0.0778. The number of imidazole rings is 2. The molecule has 0 fully saturated rings. The van der Waals surface area contributed by atoms with Crippen molar-refractivity contribution in [3.63, 3.8) is 0 Å². The average molecular weight is 1130 g/mol. The zero-order valence-electron chi connectivity index (χ0n) is 40.7. The Labute approximate surface area is 444 Å². The maximum absolute atomic E-state index is 13.6. The molecule has 396 valence electrons. The van der Waals surface area contributed by atoms with Crippen molar-refractivity contribution in [3.05, 3.63) is 215 Å². The van der Waals surface area contributed by atoms with Gasteiger partial charge in [0.1, 0.15) is 29.3 Å². The highest BCUT2D eigenvalue weighted by Gasteiger charge is 2.21. The topological polar surface area (TPSA) is 274 Å². The number of fused-ring (bicyclic) bond motifs is 2. The molecule has 0 aliphatic rings. The van der Waals surface area contributed by atoms with E-state index in [9.17, 15) is 46.3 Å². The van der Waals surface area contributed by atoms with Crippen molar-refractivity contribution < 1.29 is 37.2 Å². The van der Waals surface area contributed by atoms with Crippen LogP contribution < -0.4 is 38.6 Å². The molecule has 22 nitrogen and oxygen atoms in total. The summed E-state index contributed by atoms with van der Waals surface area (Å²) in [6.07, 6.45) is 5.83. The summed E-state index contributed by atoms with van der Waals surface area (Å²) in [6, 6.07) is 26.4. The van der Waals surface area contributed by atoms with E-state index in [2.05, 4.69) is 56.5 Å². The molecule has 78 heavy (non-hydrogen) atoms. The summed E-state index contributed by atoms with van der Waals surface area (Å²) in [5.41, 5.74) is 0.0687. The Kier molecular flexibility index (Phi) is 16.8. The molecule has 8 heterocycles. The number of nitrogens with one attached hydrogen (secondary N) is 2. The highest BCUT2D eigenvalue weighted by Crippen LogP contribution is 2.21. The predicted molar refractivity (Wildman–Crippen MR) is 280 cm³/mol. The SMILES string of the molecule is Cn1c(=O)n(Cc2ccccn2)c(=O)c2c1ncn2CC(=O)Nc1cccc(-c2ccc(F)c(F)c2)n1.Cn1c(=O)n(Cc2ccccn2)c(=O)c2c1ncn2CC(=O)Nc1cccc(Br)n1.OB(O)c1ccc(F)c(F)c1. The van der Waals surface area contributed by atoms with Crippen LogP contribution in [0.2, 0.25) is 0 Å². The molecule has 4 N–H and O–H groups in total. The van der Waals surface area contributed by atoms with Crippen LogP contribution >= 0.6 is 15.9 Å². The molecule has 0 saturated heterocycles. The van der Waals surface area contributed by atoms with E-state index in [0.29, 0.717) is 33.1 Å². The number of aromatic nitrogens is 12. The van der Waals surface area contributed by atoms with Crippen LogP contribution in [-0.4, -0.2) is 86.3 Å². The first-order valence-electron chi connectivity index (χ1n) is 22.9. The fraction of sp³-hybridized carbons (Fsp3) is 0.120. The Bertz CT molecular complexity index is 4120. The van der Waals surface area contributed by atoms with Gasteiger partial charge in [-0.15, -0.1) is 0 Å². The maximum Gasteiger partial charge on any atom is 0.488 e. The predicted octanol–water partition coefficient (Wildman–Crippen LogP) is 3.10. The summed E-state index contributed by atoms with van der Waals surface area (Å²) in [4.78, 5) is 102. The first kappa shape index (κ1) is 54.7. The van der Waals surface area contributed by atoms with Gasteiger partial charge >= 0.3 is 18.5 Å². The summed E-state index contributed by atoms with van der Waals surface area (Å²) in [6.45, 7) is -0.478. The molecule has 0 bridgehead atoms. The Morgan fingerprint density at radius 1 is 0.577 bits per heavy atom. The van der Waals surface area contributed by atoms with E-state index >= 15 is 0 Å². The first-order chi connectivity index (χ1) is 37.4. The highest BCUT2D eigenvalue weighted by molar-refractivity contribution is 9.10. The van der Waals surface area contributed by atoms with E-state index in [4.69, 9.17) is 10.0 Å². The number of amides is 2. The third-order valence-corrected chi connectivity index (χ3v) is 11.8. The van der Waals surface area contributed by atoms with Crippen LogP contribution in [0.5, 0.6) is 0 Å². The van der Waals surface area contributed by atoms with Gasteiger partial charge in [-0.2, -0.15) is 0 Å². The second-order valence-corrected chi connectivity index (χ2v) is 17.5. The van der Waals surface area contributed by atoms with Gasteiger partial charge in [-0.3, -0.25) is 47.4 Å². The smallest absolute Gasteiger partial charge is 0.423 e. The number of halogens is 5. The molecule has 0 radical (unpaired) electrons. The minimum absolute atomic E-state index is 0.0155. The van der Waals surface area contributed by atoms with Crippen LogP contribution in [0, 0.1) is 23.3 Å². The van der Waals surface area contributed by atoms with Gasteiger partial charge < -0.3 is 29.8 Å². The molecule has 0 aliphatic carbocycles. The Morgan fingerprint density at radius 2 is 1.06 bits per heavy atom. The molecular weight excluding hydrogens is 1090 g/mol. The van der Waals surface area contributed by atoms with Crippen LogP contribution in [0.1, 0.15) is 11.4 Å². The first-order valence-corrected chi connectivity index (χ1v) is 23.7. The molecule has 0 spiro atoms. The standard InChI is InChI=1S/C25H19F2N7O3.C19H16BrN7O3.C6H5BF2O2/c1-32-23-22(24(36)34(25(32)37)12-16-5-2-3-10-28-16)33(14-29-23)13-21(35)31-20-7-4-6-19(30-20)15-8-9-17(26)18(27)11-15;1-25-17-16(18(29)27(19(25)30)9-12-5-2-3-8-21-12)26(11-22-17)10-15(28)24-14-7-4-6-13(20)23-14;8-5-2-1-4(7(10)11)3-6(5)9/h2-11,14H,12-13H2,1H3,(H,30,31,35);2-8,11H,9-10H2,1H3,(H,23,24,28);1-3,10-11H. The molecular formula is C50H40BBrF4N14O8. The Balaban J connectivity index is 0.000000175. The molecule has 0 atom stereocenters.